The van der Waals surface area contributed by atoms with Crippen LogP contribution in [-0.4, -0.2) is 37.7 Å². The minimum Gasteiger partial charge on any atom is -0.491 e. The topological polar surface area (TPSA) is 41.6 Å². The van der Waals surface area contributed by atoms with Gasteiger partial charge in [-0.05, 0) is 42.7 Å². The standard InChI is InChI=1S/C19H23FN2O2/c1-15-5-3-4-6-18(15)24-14-13-22(2)19(23)21-12-11-16-7-9-17(20)10-8-16/h3-10H,11-14H2,1-2H3,(H,21,23). The molecule has 2 rings (SSSR count). The number of ether oxygens (including phenoxy) is 1. The molecule has 1 N–H and O–H groups in total. The molecule has 2 aromatic carbocycles. The van der Waals surface area contributed by atoms with Crippen molar-refractivity contribution in [1.29, 1.82) is 0 Å². The number of urea groups is 1. The van der Waals surface area contributed by atoms with E-state index >= 15 is 0 Å². The Labute approximate surface area is 142 Å². The number of para-hydroxylation sites is 1. The number of benzene rings is 2. The van der Waals surface area contributed by atoms with Gasteiger partial charge in [-0.3, -0.25) is 0 Å². The Morgan fingerprint density at radius 3 is 2.58 bits per heavy atom. The van der Waals surface area contributed by atoms with Gasteiger partial charge in [0.1, 0.15) is 18.2 Å². The minimum absolute atomic E-state index is 0.148. The van der Waals surface area contributed by atoms with E-state index in [1.807, 2.05) is 31.2 Å². The summed E-state index contributed by atoms with van der Waals surface area (Å²) >= 11 is 0. The smallest absolute Gasteiger partial charge is 0.317 e. The molecule has 0 heterocycles. The summed E-state index contributed by atoms with van der Waals surface area (Å²) in [6.07, 6.45) is 0.666. The van der Waals surface area contributed by atoms with Gasteiger partial charge in [0.2, 0.25) is 0 Å². The SMILES string of the molecule is Cc1ccccc1OCCN(C)C(=O)NCCc1ccc(F)cc1. The maximum atomic E-state index is 12.8. The highest BCUT2D eigenvalue weighted by Crippen LogP contribution is 2.15. The van der Waals surface area contributed by atoms with E-state index in [-0.39, 0.29) is 11.8 Å². The molecule has 2 amide bonds. The molecule has 0 unspecified atom stereocenters. The number of carbonyl (C=O) groups is 1. The van der Waals surface area contributed by atoms with Crippen molar-refractivity contribution in [3.63, 3.8) is 0 Å². The van der Waals surface area contributed by atoms with E-state index < -0.39 is 0 Å². The normalized spacial score (nSPS) is 10.3. The molecule has 128 valence electrons. The molecule has 0 saturated heterocycles. The predicted octanol–water partition coefficient (Wildman–Crippen LogP) is 3.40. The second-order valence-corrected chi connectivity index (χ2v) is 5.64. The third-order valence-corrected chi connectivity index (χ3v) is 3.73. The van der Waals surface area contributed by atoms with Crippen LogP contribution in [-0.2, 0) is 6.42 Å². The van der Waals surface area contributed by atoms with Crippen LogP contribution in [0.2, 0.25) is 0 Å². The molecule has 0 bridgehead atoms. The summed E-state index contributed by atoms with van der Waals surface area (Å²) in [6.45, 7) is 3.43. The Kier molecular flexibility index (Phi) is 6.61. The van der Waals surface area contributed by atoms with E-state index in [2.05, 4.69) is 5.32 Å². The third kappa shape index (κ3) is 5.57. The number of halogens is 1. The van der Waals surface area contributed by atoms with Crippen LogP contribution in [0.1, 0.15) is 11.1 Å². The number of nitrogens with zero attached hydrogens (tertiary/aromatic N) is 1. The molecule has 0 aliphatic heterocycles. The molecule has 0 fully saturated rings. The highest BCUT2D eigenvalue weighted by Gasteiger charge is 2.08. The monoisotopic (exact) mass is 330 g/mol. The number of carbonyl (C=O) groups excluding carboxylic acids is 1. The first-order chi connectivity index (χ1) is 11.6. The Morgan fingerprint density at radius 2 is 1.88 bits per heavy atom. The van der Waals surface area contributed by atoms with Crippen LogP contribution in [0.25, 0.3) is 0 Å². The van der Waals surface area contributed by atoms with Gasteiger partial charge >= 0.3 is 6.03 Å². The Balaban J connectivity index is 1.66. The fraction of sp³-hybridized carbons (Fsp3) is 0.316. The molecule has 0 saturated carbocycles. The van der Waals surface area contributed by atoms with Crippen LogP contribution in [0.3, 0.4) is 0 Å². The number of aryl methyl sites for hydroxylation is 1. The summed E-state index contributed by atoms with van der Waals surface area (Å²) in [5.74, 6) is 0.582. The average molecular weight is 330 g/mol. The summed E-state index contributed by atoms with van der Waals surface area (Å²) in [7, 11) is 1.73. The highest BCUT2D eigenvalue weighted by molar-refractivity contribution is 5.73. The maximum Gasteiger partial charge on any atom is 0.317 e. The van der Waals surface area contributed by atoms with E-state index in [0.717, 1.165) is 16.9 Å². The molecule has 0 radical (unpaired) electrons. The van der Waals surface area contributed by atoms with Gasteiger partial charge < -0.3 is 15.0 Å². The quantitative estimate of drug-likeness (QED) is 0.845. The molecule has 4 nitrogen and oxygen atoms in total. The maximum absolute atomic E-state index is 12.8. The van der Waals surface area contributed by atoms with Crippen LogP contribution in [0.15, 0.2) is 48.5 Å². The molecule has 0 atom stereocenters. The van der Waals surface area contributed by atoms with E-state index in [0.29, 0.717) is 26.1 Å². The van der Waals surface area contributed by atoms with Crippen LogP contribution < -0.4 is 10.1 Å². The van der Waals surface area contributed by atoms with E-state index in [1.165, 1.54) is 12.1 Å². The zero-order valence-electron chi connectivity index (χ0n) is 14.1. The van der Waals surface area contributed by atoms with Crippen molar-refractivity contribution in [3.05, 3.63) is 65.5 Å². The summed E-state index contributed by atoms with van der Waals surface area (Å²) < 4.78 is 18.5. The summed E-state index contributed by atoms with van der Waals surface area (Å²) in [5, 5.41) is 2.84. The van der Waals surface area contributed by atoms with Crippen LogP contribution >= 0.6 is 0 Å². The second-order valence-electron chi connectivity index (χ2n) is 5.64. The average Bonchev–Trinajstić information content (AvgIpc) is 2.58. The largest absolute Gasteiger partial charge is 0.491 e. The van der Waals surface area contributed by atoms with Crippen LogP contribution in [0.5, 0.6) is 5.75 Å². The number of amides is 2. The van der Waals surface area contributed by atoms with Crippen LogP contribution in [0, 0.1) is 12.7 Å². The molecule has 0 aliphatic carbocycles. The van der Waals surface area contributed by atoms with Crippen molar-refractivity contribution in [1.82, 2.24) is 10.2 Å². The van der Waals surface area contributed by atoms with E-state index in [1.54, 1.807) is 24.1 Å². The number of hydrogen-bond acceptors (Lipinski definition) is 2. The van der Waals surface area contributed by atoms with Crippen molar-refractivity contribution < 1.29 is 13.9 Å². The number of likely N-dealkylation sites (N-methyl/N-ethyl adjacent to an activating group) is 1. The van der Waals surface area contributed by atoms with Gasteiger partial charge in [0, 0.05) is 13.6 Å². The van der Waals surface area contributed by atoms with Crippen molar-refractivity contribution in [2.75, 3.05) is 26.7 Å². The zero-order chi connectivity index (χ0) is 17.4. The predicted molar refractivity (Wildman–Crippen MR) is 92.8 cm³/mol. The molecular formula is C19H23FN2O2. The molecule has 5 heteroatoms. The van der Waals surface area contributed by atoms with Crippen molar-refractivity contribution >= 4 is 6.03 Å². The van der Waals surface area contributed by atoms with Crippen molar-refractivity contribution in [3.8, 4) is 5.75 Å². The minimum atomic E-state index is -0.254. The molecule has 0 aliphatic rings. The fourth-order valence-electron chi connectivity index (χ4n) is 2.21. The number of hydrogen-bond donors (Lipinski definition) is 1. The highest BCUT2D eigenvalue weighted by atomic mass is 19.1. The summed E-state index contributed by atoms with van der Waals surface area (Å²) in [5.41, 5.74) is 2.06. The van der Waals surface area contributed by atoms with Crippen molar-refractivity contribution in [2.45, 2.75) is 13.3 Å². The zero-order valence-corrected chi connectivity index (χ0v) is 14.1. The first-order valence-electron chi connectivity index (χ1n) is 7.98. The lowest BCUT2D eigenvalue weighted by molar-refractivity contribution is 0.195. The number of rotatable bonds is 7. The van der Waals surface area contributed by atoms with Gasteiger partial charge in [-0.1, -0.05) is 30.3 Å². The van der Waals surface area contributed by atoms with Gasteiger partial charge in [0.05, 0.1) is 6.54 Å². The van der Waals surface area contributed by atoms with E-state index in [9.17, 15) is 9.18 Å². The molecule has 2 aromatic rings. The summed E-state index contributed by atoms with van der Waals surface area (Å²) in [4.78, 5) is 13.6. The Hall–Kier alpha value is -2.56. The lowest BCUT2D eigenvalue weighted by Crippen LogP contribution is -2.40. The van der Waals surface area contributed by atoms with E-state index in [4.69, 9.17) is 4.74 Å². The van der Waals surface area contributed by atoms with Gasteiger partial charge in [-0.15, -0.1) is 0 Å². The summed E-state index contributed by atoms with van der Waals surface area (Å²) in [6, 6.07) is 13.9. The second kappa shape index (κ2) is 8.91. The van der Waals surface area contributed by atoms with Gasteiger partial charge in [-0.2, -0.15) is 0 Å². The molecule has 0 spiro atoms. The van der Waals surface area contributed by atoms with Crippen LogP contribution in [0.4, 0.5) is 9.18 Å². The fourth-order valence-corrected chi connectivity index (χ4v) is 2.21. The molecular weight excluding hydrogens is 307 g/mol. The Morgan fingerprint density at radius 1 is 1.17 bits per heavy atom. The number of nitrogens with one attached hydrogen (secondary N) is 1. The first-order valence-corrected chi connectivity index (χ1v) is 7.98. The first kappa shape index (κ1) is 17.8. The molecule has 0 aromatic heterocycles. The van der Waals surface area contributed by atoms with Crippen molar-refractivity contribution in [2.24, 2.45) is 0 Å². The lowest BCUT2D eigenvalue weighted by Gasteiger charge is -2.18. The lowest BCUT2D eigenvalue weighted by atomic mass is 10.1. The Bertz CT molecular complexity index is 659. The molecule has 24 heavy (non-hydrogen) atoms. The van der Waals surface area contributed by atoms with Gasteiger partial charge in [-0.25, -0.2) is 9.18 Å². The third-order valence-electron chi connectivity index (χ3n) is 3.73. The van der Waals surface area contributed by atoms with Gasteiger partial charge in [0.25, 0.3) is 0 Å². The van der Waals surface area contributed by atoms with Gasteiger partial charge in [0.15, 0.2) is 0 Å².